The van der Waals surface area contributed by atoms with E-state index in [1.54, 1.807) is 14.2 Å². The minimum atomic E-state index is -0.215. The zero-order valence-electron chi connectivity index (χ0n) is 19.3. The molecule has 5 nitrogen and oxygen atoms in total. The molecule has 5 aromatic carbocycles. The number of para-hydroxylation sites is 2. The number of nitrogens with zero attached hydrogens (tertiary/aromatic N) is 1. The van der Waals surface area contributed by atoms with E-state index in [0.29, 0.717) is 5.69 Å². The van der Waals surface area contributed by atoms with E-state index in [1.807, 2.05) is 72.8 Å². The molecule has 0 bridgehead atoms. The van der Waals surface area contributed by atoms with Crippen LogP contribution in [0.15, 0.2) is 95.8 Å². The zero-order valence-corrected chi connectivity index (χ0v) is 19.3. The van der Waals surface area contributed by atoms with Crippen molar-refractivity contribution >= 4 is 32.6 Å². The van der Waals surface area contributed by atoms with Gasteiger partial charge in [0.25, 0.3) is 5.56 Å². The van der Waals surface area contributed by atoms with Gasteiger partial charge in [-0.15, -0.1) is 0 Å². The number of hydrogen-bond donors (Lipinski definition) is 1. The second-order valence-electron chi connectivity index (χ2n) is 8.37. The number of nitrogens with one attached hydrogen (secondary N) is 1. The Kier molecular flexibility index (Phi) is 4.96. The lowest BCUT2D eigenvalue weighted by Crippen LogP contribution is -2.11. The zero-order chi connectivity index (χ0) is 23.9. The molecule has 6 aromatic rings. The SMILES string of the molecule is COc1ccc2ccccc2c1-c1c(OC)ccc2cc(-c3nc4ccccc4[nH]c3=O)ccc12. The number of fused-ring (bicyclic) bond motifs is 3. The number of aromatic amines is 1. The number of ether oxygens (including phenoxy) is 2. The van der Waals surface area contributed by atoms with Crippen LogP contribution < -0.4 is 15.0 Å². The Morgan fingerprint density at radius 2 is 1.34 bits per heavy atom. The van der Waals surface area contributed by atoms with Crippen molar-refractivity contribution in [1.29, 1.82) is 0 Å². The topological polar surface area (TPSA) is 64.2 Å². The largest absolute Gasteiger partial charge is 0.496 e. The molecular weight excluding hydrogens is 436 g/mol. The van der Waals surface area contributed by atoms with Crippen molar-refractivity contribution < 1.29 is 9.47 Å². The lowest BCUT2D eigenvalue weighted by Gasteiger charge is -2.18. The Balaban J connectivity index is 1.63. The van der Waals surface area contributed by atoms with Crippen LogP contribution in [-0.2, 0) is 0 Å². The first-order chi connectivity index (χ1) is 17.2. The molecule has 0 unspecified atom stereocenters. The first kappa shape index (κ1) is 20.9. The Morgan fingerprint density at radius 1 is 0.686 bits per heavy atom. The summed E-state index contributed by atoms with van der Waals surface area (Å²) < 4.78 is 11.6. The van der Waals surface area contributed by atoms with Crippen LogP contribution in [0.3, 0.4) is 0 Å². The molecular formula is C30H22N2O3. The molecule has 0 radical (unpaired) electrons. The number of aromatic nitrogens is 2. The predicted octanol–water partition coefficient (Wildman–Crippen LogP) is 6.58. The summed E-state index contributed by atoms with van der Waals surface area (Å²) in [6, 6.07) is 29.8. The highest BCUT2D eigenvalue weighted by Crippen LogP contribution is 2.45. The fourth-order valence-electron chi connectivity index (χ4n) is 4.79. The van der Waals surface area contributed by atoms with E-state index in [1.165, 1.54) is 0 Å². The summed E-state index contributed by atoms with van der Waals surface area (Å²) >= 11 is 0. The summed E-state index contributed by atoms with van der Waals surface area (Å²) in [5, 5.41) is 4.17. The van der Waals surface area contributed by atoms with E-state index >= 15 is 0 Å². The molecule has 0 spiro atoms. The van der Waals surface area contributed by atoms with E-state index in [9.17, 15) is 4.79 Å². The van der Waals surface area contributed by atoms with Crippen molar-refractivity contribution in [2.45, 2.75) is 0 Å². The highest BCUT2D eigenvalue weighted by Gasteiger charge is 2.19. The number of methoxy groups -OCH3 is 2. The van der Waals surface area contributed by atoms with Crippen LogP contribution in [0.2, 0.25) is 0 Å². The standard InChI is InChI=1S/C30H22N2O3/c1-34-25-15-12-18-7-3-4-8-21(18)27(25)28-22-14-11-20(17-19(22)13-16-26(28)35-2)29-30(33)32-24-10-6-5-9-23(24)31-29/h3-17H,1-2H3,(H,32,33). The molecule has 0 aliphatic rings. The van der Waals surface area contributed by atoms with Gasteiger partial charge in [0.2, 0.25) is 0 Å². The van der Waals surface area contributed by atoms with Gasteiger partial charge < -0.3 is 14.5 Å². The van der Waals surface area contributed by atoms with E-state index in [0.717, 1.165) is 60.8 Å². The van der Waals surface area contributed by atoms with Gasteiger partial charge in [-0.2, -0.15) is 0 Å². The molecule has 1 N–H and O–H groups in total. The minimum absolute atomic E-state index is 0.215. The normalized spacial score (nSPS) is 11.3. The van der Waals surface area contributed by atoms with Gasteiger partial charge in [-0.25, -0.2) is 4.98 Å². The average Bonchev–Trinajstić information content (AvgIpc) is 2.91. The second-order valence-corrected chi connectivity index (χ2v) is 8.37. The first-order valence-corrected chi connectivity index (χ1v) is 11.3. The molecule has 5 heteroatoms. The van der Waals surface area contributed by atoms with Gasteiger partial charge in [-0.3, -0.25) is 4.79 Å². The highest BCUT2D eigenvalue weighted by atomic mass is 16.5. The van der Waals surface area contributed by atoms with Gasteiger partial charge in [0.15, 0.2) is 0 Å². The van der Waals surface area contributed by atoms with Gasteiger partial charge in [0, 0.05) is 16.7 Å². The van der Waals surface area contributed by atoms with Crippen molar-refractivity contribution in [3.05, 3.63) is 101 Å². The third-order valence-corrected chi connectivity index (χ3v) is 6.44. The van der Waals surface area contributed by atoms with E-state index in [2.05, 4.69) is 28.2 Å². The van der Waals surface area contributed by atoms with Crippen molar-refractivity contribution in [2.24, 2.45) is 0 Å². The first-order valence-electron chi connectivity index (χ1n) is 11.3. The summed E-state index contributed by atoms with van der Waals surface area (Å²) in [5.74, 6) is 1.52. The van der Waals surface area contributed by atoms with Crippen molar-refractivity contribution in [1.82, 2.24) is 9.97 Å². The molecule has 0 aliphatic carbocycles. The Labute approximate surface area is 201 Å². The fourth-order valence-corrected chi connectivity index (χ4v) is 4.79. The van der Waals surface area contributed by atoms with Crippen LogP contribution in [0, 0.1) is 0 Å². The molecule has 0 aliphatic heterocycles. The number of H-pyrrole nitrogens is 1. The maximum atomic E-state index is 12.8. The lowest BCUT2D eigenvalue weighted by molar-refractivity contribution is 0.411. The monoisotopic (exact) mass is 458 g/mol. The molecule has 170 valence electrons. The second kappa shape index (κ2) is 8.29. The van der Waals surface area contributed by atoms with E-state index in [-0.39, 0.29) is 5.56 Å². The van der Waals surface area contributed by atoms with Crippen LogP contribution >= 0.6 is 0 Å². The summed E-state index contributed by atoms with van der Waals surface area (Å²) in [5.41, 5.74) is 4.33. The molecule has 1 heterocycles. The summed E-state index contributed by atoms with van der Waals surface area (Å²) in [7, 11) is 3.36. The average molecular weight is 459 g/mol. The van der Waals surface area contributed by atoms with Gasteiger partial charge in [-0.05, 0) is 51.9 Å². The smallest absolute Gasteiger partial charge is 0.274 e. The number of hydrogen-bond acceptors (Lipinski definition) is 4. The van der Waals surface area contributed by atoms with Crippen LogP contribution in [0.1, 0.15) is 0 Å². The van der Waals surface area contributed by atoms with Gasteiger partial charge in [0.1, 0.15) is 17.2 Å². The van der Waals surface area contributed by atoms with Crippen LogP contribution in [0.4, 0.5) is 0 Å². The summed E-state index contributed by atoms with van der Waals surface area (Å²) in [6.07, 6.45) is 0. The van der Waals surface area contributed by atoms with Crippen molar-refractivity contribution in [3.8, 4) is 33.9 Å². The van der Waals surface area contributed by atoms with Crippen molar-refractivity contribution in [2.75, 3.05) is 14.2 Å². The fraction of sp³-hybridized carbons (Fsp3) is 0.0667. The van der Waals surface area contributed by atoms with Gasteiger partial charge >= 0.3 is 0 Å². The summed E-state index contributed by atoms with van der Waals surface area (Å²) in [4.78, 5) is 20.4. The number of benzene rings is 5. The Hall–Kier alpha value is -4.64. The molecule has 0 saturated heterocycles. The minimum Gasteiger partial charge on any atom is -0.496 e. The van der Waals surface area contributed by atoms with E-state index < -0.39 is 0 Å². The van der Waals surface area contributed by atoms with Crippen LogP contribution in [0.5, 0.6) is 11.5 Å². The molecule has 35 heavy (non-hydrogen) atoms. The molecule has 0 amide bonds. The van der Waals surface area contributed by atoms with E-state index in [4.69, 9.17) is 9.47 Å². The third-order valence-electron chi connectivity index (χ3n) is 6.44. The van der Waals surface area contributed by atoms with Crippen molar-refractivity contribution in [3.63, 3.8) is 0 Å². The predicted molar refractivity (Wildman–Crippen MR) is 141 cm³/mol. The lowest BCUT2D eigenvalue weighted by atomic mass is 9.91. The molecule has 1 aromatic heterocycles. The van der Waals surface area contributed by atoms with Crippen LogP contribution in [0.25, 0.3) is 55.0 Å². The molecule has 0 atom stereocenters. The maximum Gasteiger partial charge on any atom is 0.274 e. The molecule has 0 fully saturated rings. The molecule has 0 saturated carbocycles. The Bertz CT molecular complexity index is 1800. The highest BCUT2D eigenvalue weighted by molar-refractivity contribution is 6.10. The Morgan fingerprint density at radius 3 is 2.11 bits per heavy atom. The van der Waals surface area contributed by atoms with Gasteiger partial charge in [-0.1, -0.05) is 60.7 Å². The third kappa shape index (κ3) is 3.40. The maximum absolute atomic E-state index is 12.8. The molecule has 6 rings (SSSR count). The number of rotatable bonds is 4. The quantitative estimate of drug-likeness (QED) is 0.324. The van der Waals surface area contributed by atoms with Gasteiger partial charge in [0.05, 0.1) is 25.3 Å². The summed E-state index contributed by atoms with van der Waals surface area (Å²) in [6.45, 7) is 0. The van der Waals surface area contributed by atoms with Crippen LogP contribution in [-0.4, -0.2) is 24.2 Å².